The second kappa shape index (κ2) is 12.8. The molecule has 0 amide bonds. The van der Waals surface area contributed by atoms with Crippen molar-refractivity contribution in [2.45, 2.75) is 99.9 Å². The third-order valence-corrected chi connectivity index (χ3v) is 6.90. The van der Waals surface area contributed by atoms with E-state index in [0.29, 0.717) is 24.3 Å². The van der Waals surface area contributed by atoms with Crippen molar-refractivity contribution in [1.82, 2.24) is 9.97 Å². The lowest BCUT2D eigenvalue weighted by atomic mass is 9.82. The predicted molar refractivity (Wildman–Crippen MR) is 159 cm³/mol. The van der Waals surface area contributed by atoms with Gasteiger partial charge in [0.25, 0.3) is 0 Å². The highest BCUT2D eigenvalue weighted by Gasteiger charge is 2.37. The number of methoxy groups -OCH3 is 1. The molecule has 1 fully saturated rings. The highest BCUT2D eigenvalue weighted by Crippen LogP contribution is 2.45. The summed E-state index contributed by atoms with van der Waals surface area (Å²) < 4.78 is 23.8. The van der Waals surface area contributed by atoms with Gasteiger partial charge in [-0.15, -0.1) is 0 Å². The van der Waals surface area contributed by atoms with Crippen LogP contribution >= 0.6 is 0 Å². The minimum absolute atomic E-state index is 0.242. The second-order valence-electron chi connectivity index (χ2n) is 13.2. The van der Waals surface area contributed by atoms with Crippen molar-refractivity contribution in [3.8, 4) is 22.9 Å². The van der Waals surface area contributed by atoms with E-state index in [4.69, 9.17) is 23.9 Å². The summed E-state index contributed by atoms with van der Waals surface area (Å²) in [7, 11) is 1.61. The molecule has 3 rings (SSSR count). The van der Waals surface area contributed by atoms with Crippen LogP contribution in [0.2, 0.25) is 0 Å². The third kappa shape index (κ3) is 8.09. The van der Waals surface area contributed by atoms with Gasteiger partial charge in [-0.2, -0.15) is 4.98 Å². The van der Waals surface area contributed by atoms with Gasteiger partial charge >= 0.3 is 5.97 Å². The molecule has 2 aromatic rings. The summed E-state index contributed by atoms with van der Waals surface area (Å²) in [4.78, 5) is 25.4. The molecule has 1 atom stereocenters. The number of carbonyl (C=O) groups excluding carboxylic acids is 1. The van der Waals surface area contributed by atoms with E-state index < -0.39 is 17.7 Å². The predicted octanol–water partition coefficient (Wildman–Crippen LogP) is 6.93. The fraction of sp³-hybridized carbons (Fsp3) is 0.656. The summed E-state index contributed by atoms with van der Waals surface area (Å²) >= 11 is 0. The molecule has 1 saturated heterocycles. The Bertz CT molecular complexity index is 1160. The minimum atomic E-state index is -0.951. The van der Waals surface area contributed by atoms with E-state index in [0.717, 1.165) is 54.0 Å². The summed E-state index contributed by atoms with van der Waals surface area (Å²) in [6.07, 6.45) is 2.66. The van der Waals surface area contributed by atoms with Gasteiger partial charge in [-0.25, -0.2) is 4.79 Å². The van der Waals surface area contributed by atoms with Crippen LogP contribution in [0.3, 0.4) is 0 Å². The molecule has 1 aliphatic heterocycles. The van der Waals surface area contributed by atoms with Crippen molar-refractivity contribution < 1.29 is 23.7 Å². The fourth-order valence-electron chi connectivity index (χ4n) is 4.78. The summed E-state index contributed by atoms with van der Waals surface area (Å²) in [6.45, 7) is 22.5. The smallest absolute Gasteiger partial charge is 0.340 e. The molecule has 8 heteroatoms. The van der Waals surface area contributed by atoms with Crippen molar-refractivity contribution in [2.75, 3.05) is 31.7 Å². The molecular formula is C32H49N3O5. The molecule has 2 aromatic heterocycles. The van der Waals surface area contributed by atoms with Crippen LogP contribution in [0.15, 0.2) is 18.3 Å². The van der Waals surface area contributed by atoms with Gasteiger partial charge < -0.3 is 23.8 Å². The quantitative estimate of drug-likeness (QED) is 0.292. The van der Waals surface area contributed by atoms with Crippen LogP contribution in [0.4, 0.5) is 5.69 Å². The van der Waals surface area contributed by atoms with Gasteiger partial charge in [0.15, 0.2) is 6.10 Å². The monoisotopic (exact) mass is 555 g/mol. The topological polar surface area (TPSA) is 83.0 Å². The van der Waals surface area contributed by atoms with E-state index in [-0.39, 0.29) is 11.5 Å². The van der Waals surface area contributed by atoms with E-state index in [1.807, 2.05) is 59.9 Å². The Balaban J connectivity index is 2.26. The van der Waals surface area contributed by atoms with Crippen LogP contribution in [-0.4, -0.2) is 54.4 Å². The number of hydrogen-bond acceptors (Lipinski definition) is 8. The normalized spacial score (nSPS) is 16.3. The van der Waals surface area contributed by atoms with Crippen molar-refractivity contribution in [3.05, 3.63) is 29.6 Å². The lowest BCUT2D eigenvalue weighted by Gasteiger charge is -2.41. The number of piperidine rings is 1. The van der Waals surface area contributed by atoms with Gasteiger partial charge in [-0.3, -0.25) is 4.98 Å². The average molecular weight is 556 g/mol. The molecule has 0 aromatic carbocycles. The zero-order valence-electron chi connectivity index (χ0n) is 26.4. The van der Waals surface area contributed by atoms with Crippen LogP contribution < -0.4 is 14.4 Å². The van der Waals surface area contributed by atoms with Crippen molar-refractivity contribution in [3.63, 3.8) is 0 Å². The highest BCUT2D eigenvalue weighted by molar-refractivity contribution is 5.88. The zero-order valence-corrected chi connectivity index (χ0v) is 26.4. The number of nitrogens with zero attached hydrogens (tertiary/aromatic N) is 3. The number of esters is 1. The molecule has 1 unspecified atom stereocenters. The number of carbonyl (C=O) groups is 1. The molecule has 1 aliphatic rings. The summed E-state index contributed by atoms with van der Waals surface area (Å²) in [5.41, 5.74) is 3.61. The van der Waals surface area contributed by atoms with E-state index in [1.54, 1.807) is 7.11 Å². The Morgan fingerprint density at radius 2 is 1.73 bits per heavy atom. The first-order chi connectivity index (χ1) is 18.6. The number of rotatable bonds is 10. The molecule has 40 heavy (non-hydrogen) atoms. The molecule has 3 heterocycles. The largest absolute Gasteiger partial charge is 0.480 e. The summed E-state index contributed by atoms with van der Waals surface area (Å²) in [5, 5.41) is 0. The van der Waals surface area contributed by atoms with Crippen LogP contribution in [0.1, 0.15) is 92.5 Å². The van der Waals surface area contributed by atoms with Crippen molar-refractivity contribution in [2.24, 2.45) is 11.3 Å². The Kier molecular flexibility index (Phi) is 10.1. The second-order valence-corrected chi connectivity index (χ2v) is 13.2. The Morgan fingerprint density at radius 3 is 2.27 bits per heavy atom. The zero-order chi connectivity index (χ0) is 29.8. The summed E-state index contributed by atoms with van der Waals surface area (Å²) in [5.74, 6) is 0.893. The van der Waals surface area contributed by atoms with Crippen LogP contribution in [0.5, 0.6) is 11.8 Å². The van der Waals surface area contributed by atoms with E-state index >= 15 is 0 Å². The SMILES string of the molecule is COc1nc(OCC(C)C)ccc1-c1cnc(C)c(C(OC(C)(C)C)C(=O)OC(C)C)c1N1CCC(C)(C)CC1. The first-order valence-electron chi connectivity index (χ1n) is 14.4. The van der Waals surface area contributed by atoms with Gasteiger partial charge in [0, 0.05) is 47.7 Å². The lowest BCUT2D eigenvalue weighted by molar-refractivity contribution is -0.171. The maximum absolute atomic E-state index is 13.6. The number of anilines is 1. The maximum atomic E-state index is 13.6. The van der Waals surface area contributed by atoms with Gasteiger partial charge in [-0.1, -0.05) is 27.7 Å². The van der Waals surface area contributed by atoms with E-state index in [9.17, 15) is 4.79 Å². The van der Waals surface area contributed by atoms with Gasteiger partial charge in [0.05, 0.1) is 31.1 Å². The van der Waals surface area contributed by atoms with Crippen LogP contribution in [0, 0.1) is 18.3 Å². The number of aromatic nitrogens is 2. The molecule has 8 nitrogen and oxygen atoms in total. The van der Waals surface area contributed by atoms with Crippen molar-refractivity contribution in [1.29, 1.82) is 0 Å². The first kappa shape index (κ1) is 31.7. The Hall–Kier alpha value is -2.87. The van der Waals surface area contributed by atoms with E-state index in [2.05, 4.69) is 37.6 Å². The number of ether oxygens (including phenoxy) is 4. The van der Waals surface area contributed by atoms with Gasteiger partial charge in [-0.05, 0) is 71.8 Å². The maximum Gasteiger partial charge on any atom is 0.340 e. The van der Waals surface area contributed by atoms with Gasteiger partial charge in [0.1, 0.15) is 0 Å². The standard InChI is InChI=1S/C32H49N3O5/c1-20(2)19-38-25-13-12-23(29(34-25)37-11)24-18-33-22(5)26(27(24)35-16-14-32(9,10)15-17-35)28(40-31(6,7)8)30(36)39-21(3)4/h12-13,18,20-21,28H,14-17,19H2,1-11H3. The first-order valence-corrected chi connectivity index (χ1v) is 14.4. The molecule has 0 bridgehead atoms. The molecule has 0 aliphatic carbocycles. The Labute approximate surface area is 240 Å². The number of aryl methyl sites for hydroxylation is 1. The van der Waals surface area contributed by atoms with E-state index in [1.165, 1.54) is 0 Å². The minimum Gasteiger partial charge on any atom is -0.480 e. The average Bonchev–Trinajstić information content (AvgIpc) is 2.85. The molecule has 0 saturated carbocycles. The van der Waals surface area contributed by atoms with Crippen molar-refractivity contribution >= 4 is 11.7 Å². The highest BCUT2D eigenvalue weighted by atomic mass is 16.6. The molecule has 0 radical (unpaired) electrons. The lowest BCUT2D eigenvalue weighted by Crippen LogP contribution is -2.39. The molecule has 0 spiro atoms. The molecule has 222 valence electrons. The molecular weight excluding hydrogens is 506 g/mol. The third-order valence-electron chi connectivity index (χ3n) is 6.90. The number of pyridine rings is 2. The fourth-order valence-corrected chi connectivity index (χ4v) is 4.78. The van der Waals surface area contributed by atoms with Crippen LogP contribution in [-0.2, 0) is 14.3 Å². The molecule has 0 N–H and O–H groups in total. The number of hydrogen-bond donors (Lipinski definition) is 0. The van der Waals surface area contributed by atoms with Gasteiger partial charge in [0.2, 0.25) is 11.8 Å². The van der Waals surface area contributed by atoms with Crippen LogP contribution in [0.25, 0.3) is 11.1 Å². The Morgan fingerprint density at radius 1 is 1.07 bits per heavy atom. The summed E-state index contributed by atoms with van der Waals surface area (Å²) in [6, 6.07) is 3.82.